The third kappa shape index (κ3) is 5.34. The molecule has 0 aromatic rings. The number of amides is 4. The van der Waals surface area contributed by atoms with Gasteiger partial charge in [0.05, 0.1) is 19.8 Å². The van der Waals surface area contributed by atoms with Crippen LogP contribution in [0.2, 0.25) is 0 Å². The minimum atomic E-state index is -0.981. The van der Waals surface area contributed by atoms with Gasteiger partial charge in [-0.2, -0.15) is 0 Å². The predicted molar refractivity (Wildman–Crippen MR) is 92.6 cm³/mol. The van der Waals surface area contributed by atoms with Gasteiger partial charge < -0.3 is 9.64 Å². The molecular weight excluding hydrogens is 324 g/mol. The predicted octanol–water partition coefficient (Wildman–Crippen LogP) is -0.753. The summed E-state index contributed by atoms with van der Waals surface area (Å²) in [6, 6.07) is -0.622. The highest BCUT2D eigenvalue weighted by Gasteiger charge is 2.41. The maximum absolute atomic E-state index is 12.5. The van der Waals surface area contributed by atoms with Crippen LogP contribution in [0, 0.1) is 5.92 Å². The molecule has 0 spiro atoms. The summed E-state index contributed by atoms with van der Waals surface area (Å²) in [5, 5.41) is 2.27. The van der Waals surface area contributed by atoms with Crippen molar-refractivity contribution in [2.45, 2.75) is 33.1 Å². The molecule has 2 heterocycles. The van der Waals surface area contributed by atoms with Gasteiger partial charge in [0, 0.05) is 25.2 Å². The Morgan fingerprint density at radius 3 is 2.68 bits per heavy atom. The Hall–Kier alpha value is -1.80. The number of nitrogens with zero attached hydrogens (tertiary/aromatic N) is 2. The molecule has 2 aliphatic heterocycles. The molecule has 1 atom stereocenters. The largest absolute Gasteiger partial charge is 0.370 e. The van der Waals surface area contributed by atoms with Gasteiger partial charge in [0.15, 0.2) is 5.92 Å². The first-order chi connectivity index (χ1) is 12.0. The molecule has 25 heavy (non-hydrogen) atoms. The lowest BCUT2D eigenvalue weighted by molar-refractivity contribution is -0.908. The van der Waals surface area contributed by atoms with E-state index in [2.05, 4.69) is 10.3 Å². The Morgan fingerprint density at radius 1 is 1.28 bits per heavy atom. The number of hydrogen-bond donors (Lipinski definition) is 2. The van der Waals surface area contributed by atoms with Gasteiger partial charge in [0.2, 0.25) is 11.8 Å². The van der Waals surface area contributed by atoms with E-state index in [9.17, 15) is 14.4 Å². The van der Waals surface area contributed by atoms with Gasteiger partial charge in [-0.3, -0.25) is 24.8 Å². The maximum atomic E-state index is 12.5. The summed E-state index contributed by atoms with van der Waals surface area (Å²) in [7, 11) is 0. The molecule has 8 heteroatoms. The molecule has 2 rings (SSSR count). The summed E-state index contributed by atoms with van der Waals surface area (Å²) in [4.78, 5) is 43.5. The van der Waals surface area contributed by atoms with Gasteiger partial charge in [-0.1, -0.05) is 13.3 Å². The number of urea groups is 1. The number of quaternary nitrogens is 1. The third-order valence-corrected chi connectivity index (χ3v) is 4.65. The number of ether oxygens (including phenoxy) is 1. The van der Waals surface area contributed by atoms with Crippen molar-refractivity contribution in [1.82, 2.24) is 10.2 Å². The fourth-order valence-corrected chi connectivity index (χ4v) is 3.10. The SMILES string of the molecule is CCCCN1C(=O)NC(=O)[C@@H](C(C)=NCCC[NH+]2CCOCC2)C1=O. The molecule has 0 aliphatic carbocycles. The number of morpholine rings is 1. The van der Waals surface area contributed by atoms with Crippen LogP contribution < -0.4 is 10.2 Å². The average molecular weight is 353 g/mol. The van der Waals surface area contributed by atoms with Crippen molar-refractivity contribution in [1.29, 1.82) is 0 Å². The van der Waals surface area contributed by atoms with Gasteiger partial charge in [-0.05, 0) is 13.3 Å². The molecule has 2 saturated heterocycles. The molecule has 0 radical (unpaired) electrons. The minimum absolute atomic E-state index is 0.332. The van der Waals surface area contributed by atoms with Crippen LogP contribution in [0.5, 0.6) is 0 Å². The standard InChI is InChI=1S/C17H28N4O4/c1-3-4-8-21-16(23)14(15(22)19-17(21)24)13(2)18-6-5-7-20-9-11-25-12-10-20/h14H,3-12H2,1-2H3,(H,19,22,24)/p+1/t14-/m1/s1. The fourth-order valence-electron chi connectivity index (χ4n) is 3.10. The Morgan fingerprint density at radius 2 is 2.00 bits per heavy atom. The second-order valence-corrected chi connectivity index (χ2v) is 6.56. The zero-order valence-corrected chi connectivity index (χ0v) is 15.2. The summed E-state index contributed by atoms with van der Waals surface area (Å²) in [6.07, 6.45) is 2.49. The van der Waals surface area contributed by atoms with Crippen molar-refractivity contribution in [3.8, 4) is 0 Å². The molecule has 2 N–H and O–H groups in total. The Kier molecular flexibility index (Phi) is 7.52. The van der Waals surface area contributed by atoms with E-state index in [4.69, 9.17) is 4.74 Å². The van der Waals surface area contributed by atoms with Gasteiger partial charge >= 0.3 is 6.03 Å². The van der Waals surface area contributed by atoms with Crippen LogP contribution in [0.4, 0.5) is 4.79 Å². The van der Waals surface area contributed by atoms with E-state index >= 15 is 0 Å². The molecule has 8 nitrogen and oxygen atoms in total. The van der Waals surface area contributed by atoms with Crippen LogP contribution in [0.25, 0.3) is 0 Å². The monoisotopic (exact) mass is 353 g/mol. The molecule has 0 unspecified atom stereocenters. The number of aliphatic imine (C=N–C) groups is 1. The van der Waals surface area contributed by atoms with E-state index in [1.807, 2.05) is 6.92 Å². The number of barbiturate groups is 1. The van der Waals surface area contributed by atoms with Crippen LogP contribution in [0.15, 0.2) is 4.99 Å². The van der Waals surface area contributed by atoms with Crippen molar-refractivity contribution < 1.29 is 24.0 Å². The van der Waals surface area contributed by atoms with Crippen LogP contribution in [-0.4, -0.2) is 74.4 Å². The van der Waals surface area contributed by atoms with E-state index in [-0.39, 0.29) is 0 Å². The smallest absolute Gasteiger partial charge is 0.330 e. The minimum Gasteiger partial charge on any atom is -0.370 e. The number of imide groups is 2. The van der Waals surface area contributed by atoms with Gasteiger partial charge in [0.1, 0.15) is 13.1 Å². The number of rotatable bonds is 8. The molecule has 0 saturated carbocycles. The molecule has 0 bridgehead atoms. The van der Waals surface area contributed by atoms with Crippen LogP contribution >= 0.6 is 0 Å². The van der Waals surface area contributed by atoms with Crippen LogP contribution in [0.3, 0.4) is 0 Å². The first-order valence-electron chi connectivity index (χ1n) is 9.13. The molecule has 2 fully saturated rings. The Balaban J connectivity index is 1.88. The summed E-state index contributed by atoms with van der Waals surface area (Å²) < 4.78 is 5.33. The third-order valence-electron chi connectivity index (χ3n) is 4.65. The number of carbonyl (C=O) groups is 3. The zero-order valence-electron chi connectivity index (χ0n) is 15.2. The van der Waals surface area contributed by atoms with Gasteiger partial charge in [-0.25, -0.2) is 4.79 Å². The highest BCUT2D eigenvalue weighted by Crippen LogP contribution is 2.14. The second-order valence-electron chi connectivity index (χ2n) is 6.56. The zero-order chi connectivity index (χ0) is 18.2. The van der Waals surface area contributed by atoms with E-state index in [0.717, 1.165) is 57.0 Å². The average Bonchev–Trinajstić information content (AvgIpc) is 2.59. The molecular formula is C17H29N4O4+. The lowest BCUT2D eigenvalue weighted by Gasteiger charge is -2.30. The lowest BCUT2D eigenvalue weighted by Crippen LogP contribution is -3.14. The second kappa shape index (κ2) is 9.62. The van der Waals surface area contributed by atoms with Crippen LogP contribution in [0.1, 0.15) is 33.1 Å². The van der Waals surface area contributed by atoms with Gasteiger partial charge in [-0.15, -0.1) is 0 Å². The number of hydrogen-bond acceptors (Lipinski definition) is 5. The van der Waals surface area contributed by atoms with E-state index < -0.39 is 23.8 Å². The topological polar surface area (TPSA) is 92.5 Å². The quantitative estimate of drug-likeness (QED) is 0.341. The van der Waals surface area contributed by atoms with E-state index in [1.165, 1.54) is 4.90 Å². The summed E-state index contributed by atoms with van der Waals surface area (Å²) >= 11 is 0. The normalized spacial score (nSPS) is 23.1. The van der Waals surface area contributed by atoms with E-state index in [0.29, 0.717) is 18.8 Å². The highest BCUT2D eigenvalue weighted by atomic mass is 16.5. The van der Waals surface area contributed by atoms with Crippen molar-refractivity contribution in [3.05, 3.63) is 0 Å². The van der Waals surface area contributed by atoms with Crippen LogP contribution in [-0.2, 0) is 14.3 Å². The van der Waals surface area contributed by atoms with Crippen molar-refractivity contribution in [2.24, 2.45) is 10.9 Å². The first kappa shape index (κ1) is 19.5. The number of unbranched alkanes of at least 4 members (excludes halogenated alkanes) is 1. The summed E-state index contributed by atoms with van der Waals surface area (Å²) in [5.41, 5.74) is 0.480. The lowest BCUT2D eigenvalue weighted by atomic mass is 9.99. The summed E-state index contributed by atoms with van der Waals surface area (Å²) in [5.74, 6) is -2.00. The number of nitrogens with one attached hydrogen (secondary N) is 2. The molecule has 4 amide bonds. The van der Waals surface area contributed by atoms with Gasteiger partial charge in [0.25, 0.3) is 0 Å². The molecule has 140 valence electrons. The molecule has 0 aromatic heterocycles. The summed E-state index contributed by atoms with van der Waals surface area (Å²) in [6.45, 7) is 9.23. The van der Waals surface area contributed by atoms with Crippen molar-refractivity contribution in [3.63, 3.8) is 0 Å². The Labute approximate surface area is 148 Å². The fraction of sp³-hybridized carbons (Fsp3) is 0.765. The highest BCUT2D eigenvalue weighted by molar-refractivity contribution is 6.27. The first-order valence-corrected chi connectivity index (χ1v) is 9.13. The van der Waals surface area contributed by atoms with E-state index in [1.54, 1.807) is 6.92 Å². The van der Waals surface area contributed by atoms with Crippen molar-refractivity contribution >= 4 is 23.6 Å². The molecule has 0 aromatic carbocycles. The molecule has 2 aliphatic rings. The maximum Gasteiger partial charge on any atom is 0.330 e. The number of carbonyl (C=O) groups excluding carboxylic acids is 3. The Bertz CT molecular complexity index is 529. The van der Waals surface area contributed by atoms with Crippen molar-refractivity contribution in [2.75, 3.05) is 45.9 Å².